The fourth-order valence-corrected chi connectivity index (χ4v) is 5.52. The Morgan fingerprint density at radius 3 is 2.84 bits per heavy atom. The summed E-state index contributed by atoms with van der Waals surface area (Å²) in [6.07, 6.45) is 3.69. The van der Waals surface area contributed by atoms with Crippen LogP contribution in [0.15, 0.2) is 30.5 Å². The topological polar surface area (TPSA) is 86.4 Å². The molecule has 2 aromatic heterocycles. The molecule has 1 fully saturated rings. The molecule has 2 aliphatic rings. The molecule has 0 saturated carbocycles. The monoisotopic (exact) mass is 449 g/mol. The number of hydrogen-bond acceptors (Lipinski definition) is 5. The first-order valence-corrected chi connectivity index (χ1v) is 11.9. The maximum Gasteiger partial charge on any atom is 0.331 e. The number of nitrogens with zero attached hydrogens (tertiary/aromatic N) is 2. The average Bonchev–Trinajstić information content (AvgIpc) is 3.15. The average molecular weight is 450 g/mol. The van der Waals surface area contributed by atoms with E-state index in [9.17, 15) is 9.59 Å². The van der Waals surface area contributed by atoms with Gasteiger partial charge in [-0.05, 0) is 55.5 Å². The van der Waals surface area contributed by atoms with Gasteiger partial charge < -0.3 is 16.0 Å². The highest BCUT2D eigenvalue weighted by Crippen LogP contribution is 2.46. The van der Waals surface area contributed by atoms with E-state index in [1.54, 1.807) is 11.1 Å². The molecular weight excluding hydrogens is 422 g/mol. The molecule has 0 bridgehead atoms. The molecule has 0 aliphatic carbocycles. The molecule has 5 rings (SSSR count). The van der Waals surface area contributed by atoms with Crippen molar-refractivity contribution in [2.24, 2.45) is 0 Å². The summed E-state index contributed by atoms with van der Waals surface area (Å²) in [6.45, 7) is 8.08. The number of urea groups is 1. The molecule has 0 radical (unpaired) electrons. The fourth-order valence-electron chi connectivity index (χ4n) is 4.50. The molecule has 3 N–H and O–H groups in total. The van der Waals surface area contributed by atoms with Gasteiger partial charge in [0.05, 0.1) is 22.4 Å². The van der Waals surface area contributed by atoms with E-state index in [1.165, 1.54) is 16.9 Å². The SMILES string of the molecule is Cc1cc(C(C)C)ccc1N1C(=O)Nc2c(C(=O)N[C@@H]3CCCNC3)sc3nccc1c23. The third-order valence-electron chi connectivity index (χ3n) is 6.21. The van der Waals surface area contributed by atoms with Crippen molar-refractivity contribution in [1.82, 2.24) is 15.6 Å². The van der Waals surface area contributed by atoms with Crippen molar-refractivity contribution in [3.63, 3.8) is 0 Å². The van der Waals surface area contributed by atoms with Gasteiger partial charge in [0.1, 0.15) is 9.71 Å². The van der Waals surface area contributed by atoms with Gasteiger partial charge in [-0.15, -0.1) is 11.3 Å². The molecule has 1 atom stereocenters. The van der Waals surface area contributed by atoms with Crippen LogP contribution in [0.3, 0.4) is 0 Å². The number of nitrogens with one attached hydrogen (secondary N) is 3. The quantitative estimate of drug-likeness (QED) is 0.529. The second kappa shape index (κ2) is 8.18. The predicted molar refractivity (Wildman–Crippen MR) is 129 cm³/mol. The summed E-state index contributed by atoms with van der Waals surface area (Å²) in [4.78, 5) is 33.8. The summed E-state index contributed by atoms with van der Waals surface area (Å²) in [5, 5.41) is 10.2. The minimum Gasteiger partial charge on any atom is -0.347 e. The van der Waals surface area contributed by atoms with Crippen molar-refractivity contribution < 1.29 is 9.59 Å². The third kappa shape index (κ3) is 3.53. The highest BCUT2D eigenvalue weighted by molar-refractivity contribution is 7.21. The summed E-state index contributed by atoms with van der Waals surface area (Å²) in [5.74, 6) is 0.253. The van der Waals surface area contributed by atoms with E-state index in [2.05, 4.69) is 46.9 Å². The van der Waals surface area contributed by atoms with Gasteiger partial charge in [-0.2, -0.15) is 0 Å². The van der Waals surface area contributed by atoms with Crippen LogP contribution in [-0.2, 0) is 0 Å². The van der Waals surface area contributed by atoms with Crippen molar-refractivity contribution in [2.75, 3.05) is 23.3 Å². The molecule has 7 nitrogen and oxygen atoms in total. The van der Waals surface area contributed by atoms with Crippen LogP contribution in [0.1, 0.15) is 53.4 Å². The molecule has 166 valence electrons. The molecule has 32 heavy (non-hydrogen) atoms. The second-order valence-corrected chi connectivity index (χ2v) is 9.80. The zero-order valence-electron chi connectivity index (χ0n) is 18.5. The molecule has 2 aliphatic heterocycles. The number of aryl methyl sites for hydroxylation is 1. The van der Waals surface area contributed by atoms with Crippen LogP contribution in [0.4, 0.5) is 21.9 Å². The van der Waals surface area contributed by atoms with Gasteiger partial charge in [0.25, 0.3) is 5.91 Å². The molecule has 3 aromatic rings. The highest BCUT2D eigenvalue weighted by Gasteiger charge is 2.33. The van der Waals surface area contributed by atoms with Gasteiger partial charge in [0.2, 0.25) is 0 Å². The smallest absolute Gasteiger partial charge is 0.331 e. The molecule has 1 saturated heterocycles. The first kappa shape index (κ1) is 20.9. The molecule has 8 heteroatoms. The Bertz CT molecular complexity index is 1210. The number of rotatable bonds is 4. The van der Waals surface area contributed by atoms with Gasteiger partial charge in [0.15, 0.2) is 0 Å². The number of thiophene rings is 1. The van der Waals surface area contributed by atoms with Gasteiger partial charge in [-0.1, -0.05) is 26.0 Å². The van der Waals surface area contributed by atoms with Crippen molar-refractivity contribution in [3.05, 3.63) is 46.5 Å². The lowest BCUT2D eigenvalue weighted by molar-refractivity contribution is 0.0935. The molecule has 0 spiro atoms. The number of aromatic nitrogens is 1. The Morgan fingerprint density at radius 1 is 1.28 bits per heavy atom. The van der Waals surface area contributed by atoms with Crippen molar-refractivity contribution >= 4 is 50.6 Å². The lowest BCUT2D eigenvalue weighted by atomic mass is 9.99. The van der Waals surface area contributed by atoms with E-state index >= 15 is 0 Å². The first-order valence-electron chi connectivity index (χ1n) is 11.1. The third-order valence-corrected chi connectivity index (χ3v) is 7.31. The van der Waals surface area contributed by atoms with E-state index in [4.69, 9.17) is 0 Å². The van der Waals surface area contributed by atoms with E-state index < -0.39 is 0 Å². The van der Waals surface area contributed by atoms with E-state index in [0.717, 1.165) is 53.1 Å². The molecule has 0 unspecified atom stereocenters. The Morgan fingerprint density at radius 2 is 2.12 bits per heavy atom. The van der Waals surface area contributed by atoms with Gasteiger partial charge in [-0.3, -0.25) is 9.69 Å². The van der Waals surface area contributed by atoms with Crippen molar-refractivity contribution in [1.29, 1.82) is 0 Å². The molecule has 1 aromatic carbocycles. The van der Waals surface area contributed by atoms with Crippen LogP contribution in [0.2, 0.25) is 0 Å². The second-order valence-electron chi connectivity index (χ2n) is 8.80. The number of piperidine rings is 1. The number of anilines is 3. The minimum absolute atomic E-state index is 0.0963. The first-order chi connectivity index (χ1) is 15.4. The van der Waals surface area contributed by atoms with E-state index in [1.807, 2.05) is 19.1 Å². The number of carbonyl (C=O) groups is 2. The lowest BCUT2D eigenvalue weighted by Crippen LogP contribution is -2.45. The summed E-state index contributed by atoms with van der Waals surface area (Å²) < 4.78 is 0. The Hall–Kier alpha value is -2.97. The maximum absolute atomic E-state index is 13.3. The van der Waals surface area contributed by atoms with Gasteiger partial charge >= 0.3 is 6.03 Å². The van der Waals surface area contributed by atoms with Crippen LogP contribution >= 0.6 is 11.3 Å². The molecule has 3 amide bonds. The van der Waals surface area contributed by atoms with Crippen molar-refractivity contribution in [3.8, 4) is 0 Å². The summed E-state index contributed by atoms with van der Waals surface area (Å²) in [6, 6.07) is 7.87. The Balaban J connectivity index is 1.56. The van der Waals surface area contributed by atoms with Crippen LogP contribution < -0.4 is 20.9 Å². The standard InChI is InChI=1S/C24H27N5O2S/c1-13(2)15-6-7-17(14(3)11-15)29-18-8-10-26-23-19(18)20(28-24(29)31)21(32-23)22(30)27-16-5-4-9-25-12-16/h6-8,10-11,13,16,25H,4-5,9,12H2,1-3H3,(H,27,30)(H,28,31)/t16-/m1/s1. The van der Waals surface area contributed by atoms with Crippen LogP contribution in [0.5, 0.6) is 0 Å². The number of benzene rings is 1. The number of amides is 3. The van der Waals surface area contributed by atoms with Crippen LogP contribution in [-0.4, -0.2) is 36.1 Å². The zero-order chi connectivity index (χ0) is 22.4. The fraction of sp³-hybridized carbons (Fsp3) is 0.375. The highest BCUT2D eigenvalue weighted by atomic mass is 32.1. The normalized spacial score (nSPS) is 18.2. The van der Waals surface area contributed by atoms with Crippen LogP contribution in [0, 0.1) is 6.92 Å². The molecular formula is C24H27N5O2S. The number of hydrogen-bond donors (Lipinski definition) is 3. The van der Waals surface area contributed by atoms with Crippen LogP contribution in [0.25, 0.3) is 10.2 Å². The molecule has 4 heterocycles. The van der Waals surface area contributed by atoms with E-state index in [0.29, 0.717) is 16.5 Å². The zero-order valence-corrected chi connectivity index (χ0v) is 19.3. The Kier molecular flexibility index (Phi) is 5.35. The van der Waals surface area contributed by atoms with E-state index in [-0.39, 0.29) is 18.0 Å². The minimum atomic E-state index is -0.267. The predicted octanol–water partition coefficient (Wildman–Crippen LogP) is 4.89. The van der Waals surface area contributed by atoms with Gasteiger partial charge in [-0.25, -0.2) is 9.78 Å². The summed E-state index contributed by atoms with van der Waals surface area (Å²) >= 11 is 1.32. The Labute approximate surface area is 191 Å². The lowest BCUT2D eigenvalue weighted by Gasteiger charge is -2.30. The summed E-state index contributed by atoms with van der Waals surface area (Å²) in [7, 11) is 0. The summed E-state index contributed by atoms with van der Waals surface area (Å²) in [5.41, 5.74) is 4.40. The number of carbonyl (C=O) groups excluding carboxylic acids is 2. The number of pyridine rings is 1. The van der Waals surface area contributed by atoms with Crippen molar-refractivity contribution in [2.45, 2.75) is 45.6 Å². The van der Waals surface area contributed by atoms with Gasteiger partial charge in [0, 0.05) is 18.8 Å². The maximum atomic E-state index is 13.3. The largest absolute Gasteiger partial charge is 0.347 e.